The molecule has 0 bridgehead atoms. The van der Waals surface area contributed by atoms with Gasteiger partial charge in [-0.05, 0) is 30.5 Å². The molecule has 1 aromatic carbocycles. The number of thioether (sulfide) groups is 1. The van der Waals surface area contributed by atoms with Gasteiger partial charge in [0.15, 0.2) is 0 Å². The average molecular weight is 342 g/mol. The second-order valence-corrected chi connectivity index (χ2v) is 6.96. The van der Waals surface area contributed by atoms with Gasteiger partial charge >= 0.3 is 0 Å². The van der Waals surface area contributed by atoms with Gasteiger partial charge in [-0.2, -0.15) is 0 Å². The van der Waals surface area contributed by atoms with Gasteiger partial charge in [0.05, 0.1) is 5.75 Å². The number of carbonyl (C=O) groups excluding carboxylic acids is 1. The van der Waals surface area contributed by atoms with Crippen molar-refractivity contribution in [2.24, 2.45) is 0 Å². The molecular formula is C15H20BrNOS. The van der Waals surface area contributed by atoms with Gasteiger partial charge in [0.25, 0.3) is 0 Å². The summed E-state index contributed by atoms with van der Waals surface area (Å²) in [5, 5.41) is 0. The predicted molar refractivity (Wildman–Crippen MR) is 85.3 cm³/mol. The summed E-state index contributed by atoms with van der Waals surface area (Å²) in [5.41, 5.74) is 1.27. The van der Waals surface area contributed by atoms with Crippen LogP contribution in [0.1, 0.15) is 31.2 Å². The molecule has 0 saturated heterocycles. The number of amides is 1. The molecule has 0 N–H and O–H groups in total. The lowest BCUT2D eigenvalue weighted by Crippen LogP contribution is -2.36. The zero-order chi connectivity index (χ0) is 13.7. The third kappa shape index (κ3) is 4.53. The molecule has 1 fully saturated rings. The van der Waals surface area contributed by atoms with Gasteiger partial charge in [0, 0.05) is 23.3 Å². The molecule has 19 heavy (non-hydrogen) atoms. The number of halogens is 1. The van der Waals surface area contributed by atoms with E-state index >= 15 is 0 Å². The van der Waals surface area contributed by atoms with E-state index < -0.39 is 0 Å². The van der Waals surface area contributed by atoms with E-state index in [4.69, 9.17) is 0 Å². The van der Waals surface area contributed by atoms with E-state index in [1.54, 1.807) is 11.8 Å². The number of nitrogens with zero attached hydrogens (tertiary/aromatic N) is 1. The van der Waals surface area contributed by atoms with E-state index in [9.17, 15) is 4.79 Å². The maximum atomic E-state index is 12.1. The normalized spacial score (nSPS) is 15.7. The molecule has 1 aliphatic rings. The van der Waals surface area contributed by atoms with Crippen LogP contribution in [0.25, 0.3) is 0 Å². The second kappa shape index (κ2) is 7.34. The molecule has 0 aliphatic heterocycles. The van der Waals surface area contributed by atoms with E-state index in [0.29, 0.717) is 11.8 Å². The lowest BCUT2D eigenvalue weighted by molar-refractivity contribution is -0.129. The quantitative estimate of drug-likeness (QED) is 0.804. The standard InChI is InChI=1S/C15H20BrNOS/c1-17(14-4-2-3-5-14)15(18)11-19-10-12-6-8-13(16)9-7-12/h6-9,14H,2-5,10-11H2,1H3. The largest absolute Gasteiger partial charge is 0.342 e. The highest BCUT2D eigenvalue weighted by Crippen LogP contribution is 2.23. The topological polar surface area (TPSA) is 20.3 Å². The van der Waals surface area contributed by atoms with Crippen LogP contribution in [-0.2, 0) is 10.5 Å². The fourth-order valence-corrected chi connectivity index (χ4v) is 3.61. The van der Waals surface area contributed by atoms with Crippen molar-refractivity contribution in [1.82, 2.24) is 4.90 Å². The fourth-order valence-electron chi connectivity index (χ4n) is 2.43. The summed E-state index contributed by atoms with van der Waals surface area (Å²) >= 11 is 5.13. The van der Waals surface area contributed by atoms with Crippen molar-refractivity contribution in [3.8, 4) is 0 Å². The smallest absolute Gasteiger partial charge is 0.232 e. The lowest BCUT2D eigenvalue weighted by Gasteiger charge is -2.24. The molecule has 2 rings (SSSR count). The highest BCUT2D eigenvalue weighted by molar-refractivity contribution is 9.10. The Kier molecular flexibility index (Phi) is 5.76. The molecule has 1 amide bonds. The minimum Gasteiger partial charge on any atom is -0.342 e. The van der Waals surface area contributed by atoms with Crippen molar-refractivity contribution in [3.05, 3.63) is 34.3 Å². The number of hydrogen-bond donors (Lipinski definition) is 0. The predicted octanol–water partition coefficient (Wildman–Crippen LogP) is 4.08. The van der Waals surface area contributed by atoms with Crippen LogP contribution in [0.2, 0.25) is 0 Å². The van der Waals surface area contributed by atoms with Crippen molar-refractivity contribution in [3.63, 3.8) is 0 Å². The first kappa shape index (κ1) is 14.9. The third-order valence-corrected chi connectivity index (χ3v) is 5.19. The highest BCUT2D eigenvalue weighted by atomic mass is 79.9. The van der Waals surface area contributed by atoms with Gasteiger partial charge in [-0.15, -0.1) is 11.8 Å². The van der Waals surface area contributed by atoms with Crippen molar-refractivity contribution in [2.75, 3.05) is 12.8 Å². The van der Waals surface area contributed by atoms with Crippen molar-refractivity contribution in [1.29, 1.82) is 0 Å². The molecule has 0 spiro atoms. The van der Waals surface area contributed by atoms with Crippen LogP contribution in [0.5, 0.6) is 0 Å². The zero-order valence-electron chi connectivity index (χ0n) is 11.3. The Bertz CT molecular complexity index is 415. The zero-order valence-corrected chi connectivity index (χ0v) is 13.7. The minimum atomic E-state index is 0.272. The molecule has 1 aliphatic carbocycles. The van der Waals surface area contributed by atoms with Gasteiger partial charge in [-0.25, -0.2) is 0 Å². The van der Waals surface area contributed by atoms with Gasteiger partial charge in [-0.1, -0.05) is 40.9 Å². The van der Waals surface area contributed by atoms with E-state index in [1.165, 1.54) is 31.2 Å². The molecule has 1 saturated carbocycles. The van der Waals surface area contributed by atoms with Crippen molar-refractivity contribution in [2.45, 2.75) is 37.5 Å². The Morgan fingerprint density at radius 2 is 1.95 bits per heavy atom. The van der Waals surface area contributed by atoms with Crippen LogP contribution in [-0.4, -0.2) is 29.6 Å². The van der Waals surface area contributed by atoms with Gasteiger partial charge in [0.1, 0.15) is 0 Å². The van der Waals surface area contributed by atoms with Crippen LogP contribution >= 0.6 is 27.7 Å². The van der Waals surface area contributed by atoms with E-state index in [2.05, 4.69) is 28.1 Å². The summed E-state index contributed by atoms with van der Waals surface area (Å²) in [6.45, 7) is 0. The third-order valence-electron chi connectivity index (χ3n) is 3.67. The van der Waals surface area contributed by atoms with Crippen LogP contribution in [0.15, 0.2) is 28.7 Å². The molecule has 0 unspecified atom stereocenters. The van der Waals surface area contributed by atoms with Gasteiger partial charge in [-0.3, -0.25) is 4.79 Å². The summed E-state index contributed by atoms with van der Waals surface area (Å²) in [5.74, 6) is 1.76. The van der Waals surface area contributed by atoms with Gasteiger partial charge < -0.3 is 4.90 Å². The Hall–Kier alpha value is -0.480. The Balaban J connectivity index is 1.72. The number of hydrogen-bond acceptors (Lipinski definition) is 2. The lowest BCUT2D eigenvalue weighted by atomic mass is 10.2. The molecule has 0 atom stereocenters. The molecular weight excluding hydrogens is 322 g/mol. The first-order chi connectivity index (χ1) is 9.16. The number of benzene rings is 1. The first-order valence-electron chi connectivity index (χ1n) is 6.74. The van der Waals surface area contributed by atoms with Crippen molar-refractivity contribution < 1.29 is 4.79 Å². The fraction of sp³-hybridized carbons (Fsp3) is 0.533. The maximum absolute atomic E-state index is 12.1. The van der Waals surface area contributed by atoms with E-state index in [1.807, 2.05) is 24.1 Å². The summed E-state index contributed by atoms with van der Waals surface area (Å²) in [6.07, 6.45) is 4.90. The molecule has 1 aromatic rings. The highest BCUT2D eigenvalue weighted by Gasteiger charge is 2.22. The average Bonchev–Trinajstić information content (AvgIpc) is 2.94. The van der Waals surface area contributed by atoms with E-state index in [-0.39, 0.29) is 5.91 Å². The molecule has 0 heterocycles. The number of carbonyl (C=O) groups is 1. The Labute approximate surface area is 128 Å². The summed E-state index contributed by atoms with van der Waals surface area (Å²) in [6, 6.07) is 8.77. The second-order valence-electron chi connectivity index (χ2n) is 5.06. The van der Waals surface area contributed by atoms with Crippen LogP contribution in [0.4, 0.5) is 0 Å². The number of rotatable bonds is 5. The van der Waals surface area contributed by atoms with Crippen LogP contribution < -0.4 is 0 Å². The van der Waals surface area contributed by atoms with Crippen LogP contribution in [0, 0.1) is 0 Å². The Morgan fingerprint density at radius 3 is 2.58 bits per heavy atom. The summed E-state index contributed by atoms with van der Waals surface area (Å²) < 4.78 is 1.10. The maximum Gasteiger partial charge on any atom is 0.232 e. The van der Waals surface area contributed by atoms with Gasteiger partial charge in [0.2, 0.25) is 5.91 Å². The summed E-state index contributed by atoms with van der Waals surface area (Å²) in [4.78, 5) is 14.0. The molecule has 2 nitrogen and oxygen atoms in total. The van der Waals surface area contributed by atoms with E-state index in [0.717, 1.165) is 10.2 Å². The molecule has 104 valence electrons. The SMILES string of the molecule is CN(C(=O)CSCc1ccc(Br)cc1)C1CCCC1. The first-order valence-corrected chi connectivity index (χ1v) is 8.69. The minimum absolute atomic E-state index is 0.272. The molecule has 4 heteroatoms. The Morgan fingerprint density at radius 1 is 1.32 bits per heavy atom. The molecule has 0 radical (unpaired) electrons. The van der Waals surface area contributed by atoms with Crippen LogP contribution in [0.3, 0.4) is 0 Å². The van der Waals surface area contributed by atoms with Crippen molar-refractivity contribution >= 4 is 33.6 Å². The monoisotopic (exact) mass is 341 g/mol. The summed E-state index contributed by atoms with van der Waals surface area (Å²) in [7, 11) is 1.96. The molecule has 0 aromatic heterocycles.